The smallest absolute Gasteiger partial charge is 0.226 e. The molecule has 0 bridgehead atoms. The molecule has 0 saturated carbocycles. The maximum atomic E-state index is 12.8. The zero-order valence-corrected chi connectivity index (χ0v) is 17.8. The van der Waals surface area contributed by atoms with E-state index in [1.165, 1.54) is 17.7 Å². The van der Waals surface area contributed by atoms with Crippen LogP contribution in [0.3, 0.4) is 0 Å². The van der Waals surface area contributed by atoms with Crippen molar-refractivity contribution in [3.8, 4) is 5.75 Å². The molecule has 0 radical (unpaired) electrons. The summed E-state index contributed by atoms with van der Waals surface area (Å²) in [4.78, 5) is 23.0. The second kappa shape index (κ2) is 8.39. The molecule has 0 N–H and O–H groups in total. The monoisotopic (exact) mass is 419 g/mol. The molecule has 2 aromatic rings. The van der Waals surface area contributed by atoms with Gasteiger partial charge in [0.25, 0.3) is 0 Å². The van der Waals surface area contributed by atoms with Gasteiger partial charge in [-0.15, -0.1) is 11.3 Å². The van der Waals surface area contributed by atoms with Crippen LogP contribution in [0.2, 0.25) is 5.02 Å². The van der Waals surface area contributed by atoms with Crippen molar-refractivity contribution in [3.05, 3.63) is 45.4 Å². The summed E-state index contributed by atoms with van der Waals surface area (Å²) in [5.74, 6) is 0.809. The first-order valence-corrected chi connectivity index (χ1v) is 11.1. The molecule has 1 spiro atoms. The first-order chi connectivity index (χ1) is 13.6. The minimum atomic E-state index is 0.148. The topological polar surface area (TPSA) is 45.7 Å². The Hall–Kier alpha value is -1.63. The van der Waals surface area contributed by atoms with Crippen LogP contribution in [0.1, 0.15) is 35.6 Å². The van der Waals surface area contributed by atoms with Crippen LogP contribution < -0.4 is 4.74 Å². The number of nitrogens with zero attached hydrogens (tertiary/aromatic N) is 3. The summed E-state index contributed by atoms with van der Waals surface area (Å²) in [6, 6.07) is 7.37. The second-order valence-corrected chi connectivity index (χ2v) is 9.42. The summed E-state index contributed by atoms with van der Waals surface area (Å²) in [5, 5.41) is 1.69. The molecule has 1 amide bonds. The quantitative estimate of drug-likeness (QED) is 0.705. The Morgan fingerprint density at radius 1 is 1.32 bits per heavy atom. The number of ether oxygens (including phenoxy) is 1. The van der Waals surface area contributed by atoms with Crippen LogP contribution in [-0.2, 0) is 11.3 Å². The molecule has 7 heteroatoms. The van der Waals surface area contributed by atoms with Crippen LogP contribution in [-0.4, -0.2) is 52.5 Å². The number of aromatic nitrogens is 1. The zero-order valence-electron chi connectivity index (χ0n) is 16.2. The number of carbonyl (C=O) groups is 1. The van der Waals surface area contributed by atoms with Gasteiger partial charge in [0.05, 0.1) is 23.1 Å². The lowest BCUT2D eigenvalue weighted by atomic mass is 9.77. The minimum Gasteiger partial charge on any atom is -0.491 e. The summed E-state index contributed by atoms with van der Waals surface area (Å²) >= 11 is 7.88. The Labute approximate surface area is 175 Å². The van der Waals surface area contributed by atoms with E-state index in [1.807, 2.05) is 36.2 Å². The summed E-state index contributed by atoms with van der Waals surface area (Å²) in [5.41, 5.74) is 0.148. The molecule has 4 rings (SSSR count). The fraction of sp³-hybridized carbons (Fsp3) is 0.524. The Balaban J connectivity index is 1.30. The average molecular weight is 420 g/mol. The van der Waals surface area contributed by atoms with Crippen LogP contribution in [0.25, 0.3) is 0 Å². The number of hydrogen-bond donors (Lipinski definition) is 0. The van der Waals surface area contributed by atoms with Crippen molar-refractivity contribution >= 4 is 28.8 Å². The van der Waals surface area contributed by atoms with Gasteiger partial charge in [-0.2, -0.15) is 0 Å². The predicted octanol–water partition coefficient (Wildman–Crippen LogP) is 4.14. The van der Waals surface area contributed by atoms with Gasteiger partial charge in [0.15, 0.2) is 0 Å². The van der Waals surface area contributed by atoms with Gasteiger partial charge in [-0.05, 0) is 38.3 Å². The maximum Gasteiger partial charge on any atom is 0.226 e. The molecule has 5 nitrogen and oxygen atoms in total. The number of thiazole rings is 1. The molecule has 0 aliphatic carbocycles. The van der Waals surface area contributed by atoms with Gasteiger partial charge in [0.2, 0.25) is 5.91 Å². The molecular weight excluding hydrogens is 394 g/mol. The van der Waals surface area contributed by atoms with Gasteiger partial charge in [0, 0.05) is 42.8 Å². The van der Waals surface area contributed by atoms with Gasteiger partial charge >= 0.3 is 0 Å². The molecule has 3 heterocycles. The van der Waals surface area contributed by atoms with E-state index < -0.39 is 0 Å². The average Bonchev–Trinajstić information content (AvgIpc) is 3.12. The number of halogens is 1. The number of rotatable bonds is 6. The molecule has 1 aromatic heterocycles. The number of amides is 1. The summed E-state index contributed by atoms with van der Waals surface area (Å²) in [7, 11) is 0. The Bertz CT molecular complexity index is 843. The first-order valence-electron chi connectivity index (χ1n) is 9.87. The highest BCUT2D eigenvalue weighted by atomic mass is 35.5. The highest BCUT2D eigenvalue weighted by molar-refractivity contribution is 7.11. The standard InChI is InChI=1S/C21H26ClN3O2S/c1-16-23-13-17(28-16)14-25-11-9-21(25)8-4-10-24(15-21)20(26)7-12-27-19-6-3-2-5-18(19)22/h2-3,5-6,13H,4,7-12,14-15H2,1H3. The molecule has 1 aromatic carbocycles. The first kappa shape index (κ1) is 19.7. The lowest BCUT2D eigenvalue weighted by Crippen LogP contribution is -2.66. The minimum absolute atomic E-state index is 0.148. The summed E-state index contributed by atoms with van der Waals surface area (Å²) in [6.07, 6.45) is 5.78. The van der Waals surface area contributed by atoms with Gasteiger partial charge in [-0.3, -0.25) is 9.69 Å². The molecule has 2 fully saturated rings. The highest BCUT2D eigenvalue weighted by Gasteiger charge is 2.47. The van der Waals surface area contributed by atoms with E-state index in [9.17, 15) is 4.79 Å². The van der Waals surface area contributed by atoms with Crippen LogP contribution in [0.15, 0.2) is 30.5 Å². The lowest BCUT2D eigenvalue weighted by Gasteiger charge is -2.57. The molecule has 2 saturated heterocycles. The van der Waals surface area contributed by atoms with Crippen LogP contribution in [0.4, 0.5) is 0 Å². The van der Waals surface area contributed by atoms with E-state index in [4.69, 9.17) is 16.3 Å². The van der Waals surface area contributed by atoms with E-state index >= 15 is 0 Å². The molecule has 1 atom stereocenters. The third-order valence-corrected chi connectivity index (χ3v) is 7.06. The Morgan fingerprint density at radius 3 is 2.89 bits per heavy atom. The lowest BCUT2D eigenvalue weighted by molar-refractivity contribution is -0.141. The van der Waals surface area contributed by atoms with E-state index in [2.05, 4.69) is 9.88 Å². The van der Waals surface area contributed by atoms with E-state index in [0.29, 0.717) is 23.8 Å². The molecule has 1 unspecified atom stereocenters. The van der Waals surface area contributed by atoms with E-state index in [1.54, 1.807) is 17.4 Å². The largest absolute Gasteiger partial charge is 0.491 e. The maximum absolute atomic E-state index is 12.8. The van der Waals surface area contributed by atoms with Crippen molar-refractivity contribution in [1.82, 2.24) is 14.8 Å². The summed E-state index contributed by atoms with van der Waals surface area (Å²) in [6.45, 7) is 6.13. The van der Waals surface area contributed by atoms with Crippen molar-refractivity contribution in [2.24, 2.45) is 0 Å². The number of aryl methyl sites for hydroxylation is 1. The van der Waals surface area contributed by atoms with Gasteiger partial charge in [0.1, 0.15) is 5.75 Å². The number of piperidine rings is 1. The Kier molecular flexibility index (Phi) is 5.90. The SMILES string of the molecule is Cc1ncc(CN2CCC23CCCN(C(=O)CCOc2ccccc2Cl)C3)s1. The normalized spacial score (nSPS) is 22.3. The highest BCUT2D eigenvalue weighted by Crippen LogP contribution is 2.40. The van der Waals surface area contributed by atoms with Gasteiger partial charge in [-0.1, -0.05) is 23.7 Å². The van der Waals surface area contributed by atoms with Crippen molar-refractivity contribution < 1.29 is 9.53 Å². The molecule has 2 aliphatic heterocycles. The summed E-state index contributed by atoms with van der Waals surface area (Å²) < 4.78 is 5.70. The third-order valence-electron chi connectivity index (χ3n) is 5.85. The van der Waals surface area contributed by atoms with E-state index in [-0.39, 0.29) is 11.4 Å². The van der Waals surface area contributed by atoms with Crippen LogP contribution in [0, 0.1) is 6.92 Å². The number of likely N-dealkylation sites (tertiary alicyclic amines) is 2. The van der Waals surface area contributed by atoms with E-state index in [0.717, 1.165) is 37.6 Å². The molecule has 28 heavy (non-hydrogen) atoms. The van der Waals surface area contributed by atoms with Crippen LogP contribution >= 0.6 is 22.9 Å². The Morgan fingerprint density at radius 2 is 2.18 bits per heavy atom. The van der Waals surface area contributed by atoms with Crippen molar-refractivity contribution in [2.45, 2.75) is 44.7 Å². The number of para-hydroxylation sites is 1. The van der Waals surface area contributed by atoms with Gasteiger partial charge in [-0.25, -0.2) is 4.98 Å². The fourth-order valence-corrected chi connectivity index (χ4v) is 5.26. The fourth-order valence-electron chi connectivity index (χ4n) is 4.26. The van der Waals surface area contributed by atoms with Gasteiger partial charge < -0.3 is 9.64 Å². The van der Waals surface area contributed by atoms with Crippen LogP contribution in [0.5, 0.6) is 5.75 Å². The molecular formula is C21H26ClN3O2S. The van der Waals surface area contributed by atoms with Crippen molar-refractivity contribution in [3.63, 3.8) is 0 Å². The number of benzene rings is 1. The molecule has 2 aliphatic rings. The van der Waals surface area contributed by atoms with Crippen molar-refractivity contribution in [2.75, 3.05) is 26.2 Å². The zero-order chi connectivity index (χ0) is 19.6. The third kappa shape index (κ3) is 4.19. The predicted molar refractivity (Wildman–Crippen MR) is 112 cm³/mol. The van der Waals surface area contributed by atoms with Crippen molar-refractivity contribution in [1.29, 1.82) is 0 Å². The second-order valence-electron chi connectivity index (χ2n) is 7.69. The molecule has 150 valence electrons. The number of carbonyl (C=O) groups excluding carboxylic acids is 1. The number of hydrogen-bond acceptors (Lipinski definition) is 5.